The highest BCUT2D eigenvalue weighted by atomic mass is 32.2. The lowest BCUT2D eigenvalue weighted by molar-refractivity contribution is 0.515. The molecule has 0 atom stereocenters. The SMILES string of the molecule is CCNCc1cnc(SC2CCCCC2)nc1. The van der Waals surface area contributed by atoms with Crippen LogP contribution in [0, 0.1) is 0 Å². The van der Waals surface area contributed by atoms with E-state index < -0.39 is 0 Å². The van der Waals surface area contributed by atoms with Crippen molar-refractivity contribution in [2.45, 2.75) is 56.0 Å². The molecule has 0 bridgehead atoms. The maximum atomic E-state index is 4.44. The third-order valence-corrected chi connectivity index (χ3v) is 4.31. The smallest absolute Gasteiger partial charge is 0.187 e. The van der Waals surface area contributed by atoms with E-state index in [1.54, 1.807) is 0 Å². The van der Waals surface area contributed by atoms with Crippen LogP contribution in [-0.4, -0.2) is 21.8 Å². The zero-order chi connectivity index (χ0) is 11.9. The molecule has 4 heteroatoms. The van der Waals surface area contributed by atoms with Crippen molar-refractivity contribution in [1.29, 1.82) is 0 Å². The van der Waals surface area contributed by atoms with Gasteiger partial charge in [-0.15, -0.1) is 0 Å². The lowest BCUT2D eigenvalue weighted by atomic mass is 10.0. The lowest BCUT2D eigenvalue weighted by Gasteiger charge is -2.19. The number of thioether (sulfide) groups is 1. The minimum Gasteiger partial charge on any atom is -0.313 e. The van der Waals surface area contributed by atoms with Gasteiger partial charge in [-0.3, -0.25) is 0 Å². The van der Waals surface area contributed by atoms with E-state index in [-0.39, 0.29) is 0 Å². The molecule has 1 aromatic heterocycles. The normalized spacial score (nSPS) is 17.2. The molecule has 1 saturated carbocycles. The summed E-state index contributed by atoms with van der Waals surface area (Å²) in [4.78, 5) is 8.88. The van der Waals surface area contributed by atoms with Crippen LogP contribution in [0.3, 0.4) is 0 Å². The van der Waals surface area contributed by atoms with Gasteiger partial charge >= 0.3 is 0 Å². The molecule has 1 fully saturated rings. The predicted octanol–water partition coefficient (Wildman–Crippen LogP) is 3.01. The minimum atomic E-state index is 0.739. The Morgan fingerprint density at radius 3 is 2.59 bits per heavy atom. The number of hydrogen-bond acceptors (Lipinski definition) is 4. The Morgan fingerprint density at radius 1 is 1.24 bits per heavy atom. The monoisotopic (exact) mass is 251 g/mol. The molecule has 1 aliphatic carbocycles. The summed E-state index contributed by atoms with van der Waals surface area (Å²) in [5.41, 5.74) is 1.17. The molecule has 2 rings (SSSR count). The van der Waals surface area contributed by atoms with Gasteiger partial charge in [-0.1, -0.05) is 37.9 Å². The van der Waals surface area contributed by atoms with Crippen molar-refractivity contribution in [2.24, 2.45) is 0 Å². The molecule has 1 aromatic rings. The number of hydrogen-bond donors (Lipinski definition) is 1. The summed E-state index contributed by atoms with van der Waals surface area (Å²) in [6.07, 6.45) is 10.7. The van der Waals surface area contributed by atoms with Crippen molar-refractivity contribution in [2.75, 3.05) is 6.54 Å². The summed E-state index contributed by atoms with van der Waals surface area (Å²) in [5, 5.41) is 4.96. The zero-order valence-corrected chi connectivity index (χ0v) is 11.3. The fourth-order valence-corrected chi connectivity index (χ4v) is 3.19. The first-order valence-electron chi connectivity index (χ1n) is 6.57. The molecular formula is C13H21N3S. The number of aromatic nitrogens is 2. The molecule has 0 aromatic carbocycles. The van der Waals surface area contributed by atoms with E-state index in [0.717, 1.165) is 23.5 Å². The Balaban J connectivity index is 1.84. The number of nitrogens with zero attached hydrogens (tertiary/aromatic N) is 2. The molecule has 0 unspecified atom stereocenters. The molecule has 1 N–H and O–H groups in total. The summed E-state index contributed by atoms with van der Waals surface area (Å²) in [6.45, 7) is 3.96. The fraction of sp³-hybridized carbons (Fsp3) is 0.692. The summed E-state index contributed by atoms with van der Waals surface area (Å²) < 4.78 is 0. The van der Waals surface area contributed by atoms with E-state index in [1.807, 2.05) is 24.2 Å². The molecule has 3 nitrogen and oxygen atoms in total. The van der Waals surface area contributed by atoms with Crippen molar-refractivity contribution in [3.8, 4) is 0 Å². The van der Waals surface area contributed by atoms with E-state index in [2.05, 4.69) is 22.2 Å². The molecule has 0 saturated heterocycles. The second kappa shape index (κ2) is 6.97. The highest BCUT2D eigenvalue weighted by molar-refractivity contribution is 7.99. The van der Waals surface area contributed by atoms with Crippen molar-refractivity contribution in [3.05, 3.63) is 18.0 Å². The highest BCUT2D eigenvalue weighted by Crippen LogP contribution is 2.31. The summed E-state index contributed by atoms with van der Waals surface area (Å²) in [5.74, 6) is 0. The van der Waals surface area contributed by atoms with E-state index in [0.29, 0.717) is 0 Å². The van der Waals surface area contributed by atoms with Gasteiger partial charge in [-0.2, -0.15) is 0 Å². The van der Waals surface area contributed by atoms with Gasteiger partial charge in [0.25, 0.3) is 0 Å². The Bertz CT molecular complexity index is 320. The molecule has 0 aliphatic heterocycles. The van der Waals surface area contributed by atoms with Gasteiger partial charge in [0.1, 0.15) is 0 Å². The van der Waals surface area contributed by atoms with Crippen LogP contribution in [0.2, 0.25) is 0 Å². The topological polar surface area (TPSA) is 37.8 Å². The highest BCUT2D eigenvalue weighted by Gasteiger charge is 2.15. The van der Waals surface area contributed by atoms with Crippen LogP contribution in [0.15, 0.2) is 17.6 Å². The largest absolute Gasteiger partial charge is 0.313 e. The van der Waals surface area contributed by atoms with Gasteiger partial charge < -0.3 is 5.32 Å². The van der Waals surface area contributed by atoms with Crippen LogP contribution in [-0.2, 0) is 6.54 Å². The molecule has 0 radical (unpaired) electrons. The van der Waals surface area contributed by atoms with E-state index >= 15 is 0 Å². The summed E-state index contributed by atoms with van der Waals surface area (Å²) in [6, 6.07) is 0. The van der Waals surface area contributed by atoms with E-state index in [1.165, 1.54) is 37.7 Å². The average Bonchev–Trinajstić information content (AvgIpc) is 2.39. The molecule has 1 aliphatic rings. The van der Waals surface area contributed by atoms with Crippen LogP contribution in [0.5, 0.6) is 0 Å². The molecular weight excluding hydrogens is 230 g/mol. The van der Waals surface area contributed by atoms with Crippen LogP contribution in [0.25, 0.3) is 0 Å². The number of rotatable bonds is 5. The second-order valence-corrected chi connectivity index (χ2v) is 5.80. The van der Waals surface area contributed by atoms with E-state index in [4.69, 9.17) is 0 Å². The van der Waals surface area contributed by atoms with Crippen LogP contribution < -0.4 is 5.32 Å². The van der Waals surface area contributed by atoms with Gasteiger partial charge in [0.15, 0.2) is 5.16 Å². The average molecular weight is 251 g/mol. The summed E-state index contributed by atoms with van der Waals surface area (Å²) in [7, 11) is 0. The van der Waals surface area contributed by atoms with Gasteiger partial charge in [0.05, 0.1) is 0 Å². The van der Waals surface area contributed by atoms with E-state index in [9.17, 15) is 0 Å². The molecule has 1 heterocycles. The Kier molecular flexibility index (Phi) is 5.26. The second-order valence-electron chi connectivity index (χ2n) is 4.53. The first kappa shape index (κ1) is 12.8. The quantitative estimate of drug-likeness (QED) is 0.816. The Morgan fingerprint density at radius 2 is 1.94 bits per heavy atom. The van der Waals surface area contributed by atoms with Gasteiger partial charge in [0.2, 0.25) is 0 Å². The van der Waals surface area contributed by atoms with Crippen molar-refractivity contribution < 1.29 is 0 Å². The van der Waals surface area contributed by atoms with Crippen LogP contribution >= 0.6 is 11.8 Å². The number of nitrogens with one attached hydrogen (secondary N) is 1. The van der Waals surface area contributed by atoms with Crippen molar-refractivity contribution in [3.63, 3.8) is 0 Å². The predicted molar refractivity (Wildman–Crippen MR) is 72.1 cm³/mol. The third-order valence-electron chi connectivity index (χ3n) is 3.09. The Labute approximate surface area is 108 Å². The molecule has 94 valence electrons. The Hall–Kier alpha value is -0.610. The van der Waals surface area contributed by atoms with Gasteiger partial charge in [-0.05, 0) is 19.4 Å². The van der Waals surface area contributed by atoms with Crippen molar-refractivity contribution >= 4 is 11.8 Å². The lowest BCUT2D eigenvalue weighted by Crippen LogP contribution is -2.12. The van der Waals surface area contributed by atoms with Crippen LogP contribution in [0.1, 0.15) is 44.6 Å². The first-order valence-corrected chi connectivity index (χ1v) is 7.44. The summed E-state index contributed by atoms with van der Waals surface area (Å²) >= 11 is 1.85. The molecule has 0 spiro atoms. The first-order chi connectivity index (χ1) is 8.38. The maximum absolute atomic E-state index is 4.44. The van der Waals surface area contributed by atoms with Crippen molar-refractivity contribution in [1.82, 2.24) is 15.3 Å². The fourth-order valence-electron chi connectivity index (χ4n) is 2.10. The molecule has 17 heavy (non-hydrogen) atoms. The van der Waals surface area contributed by atoms with Crippen LogP contribution in [0.4, 0.5) is 0 Å². The van der Waals surface area contributed by atoms with Gasteiger partial charge in [-0.25, -0.2) is 9.97 Å². The minimum absolute atomic E-state index is 0.739. The third kappa shape index (κ3) is 4.28. The standard InChI is InChI=1S/C13H21N3S/c1-2-14-8-11-9-15-13(16-10-11)17-12-6-4-3-5-7-12/h9-10,12,14H,2-8H2,1H3. The molecule has 0 amide bonds. The zero-order valence-electron chi connectivity index (χ0n) is 10.5. The van der Waals surface area contributed by atoms with Gasteiger partial charge in [0, 0.05) is 29.8 Å². The maximum Gasteiger partial charge on any atom is 0.187 e.